The Morgan fingerprint density at radius 1 is 1.05 bits per heavy atom. The number of allylic oxidation sites excluding steroid dienone is 3. The molecule has 0 aliphatic rings. The van der Waals surface area contributed by atoms with Crippen LogP contribution in [0.1, 0.15) is 91.1 Å². The third-order valence-corrected chi connectivity index (χ3v) is 6.62. The Morgan fingerprint density at radius 2 is 1.79 bits per heavy atom. The highest BCUT2D eigenvalue weighted by atomic mass is 16.5. The molecule has 0 radical (unpaired) electrons. The maximum atomic E-state index is 11.9. The van der Waals surface area contributed by atoms with E-state index in [0.29, 0.717) is 18.0 Å². The normalized spacial score (nSPS) is 13.0. The lowest BCUT2D eigenvalue weighted by Gasteiger charge is -2.18. The van der Waals surface area contributed by atoms with Gasteiger partial charge in [0.15, 0.2) is 5.78 Å². The van der Waals surface area contributed by atoms with Gasteiger partial charge in [-0.1, -0.05) is 66.2 Å². The van der Waals surface area contributed by atoms with Crippen LogP contribution in [0.4, 0.5) is 0 Å². The summed E-state index contributed by atoms with van der Waals surface area (Å²) in [4.78, 5) is 20.5. The maximum absolute atomic E-state index is 11.9. The first-order valence-corrected chi connectivity index (χ1v) is 13.5. The molecule has 3 rings (SSSR count). The van der Waals surface area contributed by atoms with Crippen LogP contribution in [-0.2, 0) is 11.3 Å². The molecule has 3 aromatic rings. The Hall–Kier alpha value is -3.41. The first kappa shape index (κ1) is 29.2. The number of hydrogen-bond acceptors (Lipinski definition) is 5. The van der Waals surface area contributed by atoms with Crippen LogP contribution in [0.3, 0.4) is 0 Å². The number of carbonyl (C=O) groups excluding carboxylic acids is 1. The number of carbonyl (C=O) groups is 1. The summed E-state index contributed by atoms with van der Waals surface area (Å²) in [7, 11) is 1.97. The van der Waals surface area contributed by atoms with Crippen LogP contribution >= 0.6 is 0 Å². The first-order valence-electron chi connectivity index (χ1n) is 13.5. The minimum absolute atomic E-state index is 0.00926. The van der Waals surface area contributed by atoms with Gasteiger partial charge in [-0.3, -0.25) is 4.79 Å². The minimum atomic E-state index is -0.00926. The van der Waals surface area contributed by atoms with Crippen LogP contribution in [0.5, 0.6) is 0 Å². The van der Waals surface area contributed by atoms with E-state index >= 15 is 0 Å². The number of ketones is 1. The Labute approximate surface area is 228 Å². The fraction of sp³-hybridized carbons (Fsp3) is 0.364. The van der Waals surface area contributed by atoms with E-state index in [0.717, 1.165) is 37.9 Å². The summed E-state index contributed by atoms with van der Waals surface area (Å²) in [6, 6.07) is 19.1. The summed E-state index contributed by atoms with van der Waals surface area (Å²) in [5.74, 6) is 0.667. The summed E-state index contributed by atoms with van der Waals surface area (Å²) >= 11 is 0. The third kappa shape index (κ3) is 9.16. The number of ether oxygens (including phenoxy) is 1. The van der Waals surface area contributed by atoms with Crippen LogP contribution in [0.25, 0.3) is 11.6 Å². The number of unbranched alkanes of at least 4 members (excludes halogenated alkanes) is 1. The highest BCUT2D eigenvalue weighted by Crippen LogP contribution is 2.23. The predicted octanol–water partition coefficient (Wildman–Crippen LogP) is 7.53. The van der Waals surface area contributed by atoms with Crippen molar-refractivity contribution in [2.45, 2.75) is 66.1 Å². The lowest BCUT2D eigenvalue weighted by molar-refractivity contribution is 0.0344. The van der Waals surface area contributed by atoms with Gasteiger partial charge in [-0.2, -0.15) is 0 Å². The maximum Gasteiger partial charge on any atom is 0.163 e. The second-order valence-electron chi connectivity index (χ2n) is 9.84. The van der Waals surface area contributed by atoms with Crippen molar-refractivity contribution < 1.29 is 9.53 Å². The van der Waals surface area contributed by atoms with Crippen molar-refractivity contribution in [1.82, 2.24) is 15.3 Å². The van der Waals surface area contributed by atoms with E-state index in [4.69, 9.17) is 4.74 Å². The van der Waals surface area contributed by atoms with Crippen LogP contribution in [0.2, 0.25) is 0 Å². The Balaban J connectivity index is 1.51. The standard InChI is InChI=1S/C33H41N3O2/c1-24(21-32-31(26(3)37)22-35-27(4)36-32)11-9-10-12-25(2)29-17-15-28(16-18-29)23-38-33(19-20-34-5)30-13-7-6-8-14-30/h6-8,12-18,21-22,33-34H,9-11,19-20,23H2,1-5H3/b24-21+,25-12-. The molecule has 1 N–H and O–H groups in total. The topological polar surface area (TPSA) is 64.1 Å². The smallest absolute Gasteiger partial charge is 0.163 e. The Bertz CT molecular complexity index is 1230. The van der Waals surface area contributed by atoms with Gasteiger partial charge >= 0.3 is 0 Å². The largest absolute Gasteiger partial charge is 0.369 e. The van der Waals surface area contributed by atoms with Crippen molar-refractivity contribution in [3.05, 3.63) is 106 Å². The van der Waals surface area contributed by atoms with Gasteiger partial charge in [0.25, 0.3) is 0 Å². The predicted molar refractivity (Wildman–Crippen MR) is 157 cm³/mol. The third-order valence-electron chi connectivity index (χ3n) is 6.62. The number of rotatable bonds is 14. The molecule has 0 saturated heterocycles. The van der Waals surface area contributed by atoms with E-state index < -0.39 is 0 Å². The van der Waals surface area contributed by atoms with Crippen molar-refractivity contribution in [2.75, 3.05) is 13.6 Å². The fourth-order valence-corrected chi connectivity index (χ4v) is 4.34. The zero-order chi connectivity index (χ0) is 27.3. The number of Topliss-reactive ketones (excluding diaryl/α,β-unsaturated/α-hetero) is 1. The second-order valence-corrected chi connectivity index (χ2v) is 9.84. The second kappa shape index (κ2) is 15.1. The van der Waals surface area contributed by atoms with Gasteiger partial charge in [-0.15, -0.1) is 0 Å². The van der Waals surface area contributed by atoms with E-state index in [2.05, 4.69) is 83.7 Å². The quantitative estimate of drug-likeness (QED) is 0.179. The van der Waals surface area contributed by atoms with Crippen LogP contribution in [0.15, 0.2) is 72.4 Å². The molecule has 1 unspecified atom stereocenters. The average Bonchev–Trinajstić information content (AvgIpc) is 2.91. The molecule has 5 nitrogen and oxygen atoms in total. The molecule has 0 aliphatic carbocycles. The Morgan fingerprint density at radius 3 is 2.47 bits per heavy atom. The van der Waals surface area contributed by atoms with Crippen LogP contribution in [-0.4, -0.2) is 29.3 Å². The van der Waals surface area contributed by atoms with Crippen molar-refractivity contribution in [1.29, 1.82) is 0 Å². The molecule has 0 saturated carbocycles. The zero-order valence-corrected chi connectivity index (χ0v) is 23.5. The number of aryl methyl sites for hydroxylation is 1. The minimum Gasteiger partial charge on any atom is -0.369 e. The molecule has 2 aromatic carbocycles. The molecule has 1 heterocycles. The summed E-state index contributed by atoms with van der Waals surface area (Å²) in [5.41, 5.74) is 7.42. The summed E-state index contributed by atoms with van der Waals surface area (Å²) < 4.78 is 6.30. The molecule has 5 heteroatoms. The van der Waals surface area contributed by atoms with Gasteiger partial charge in [0.1, 0.15) is 5.82 Å². The van der Waals surface area contributed by atoms with Gasteiger partial charge in [0.05, 0.1) is 24.0 Å². The van der Waals surface area contributed by atoms with Crippen LogP contribution < -0.4 is 5.32 Å². The summed E-state index contributed by atoms with van der Waals surface area (Å²) in [6.07, 6.45) is 9.95. The number of benzene rings is 2. The van der Waals surface area contributed by atoms with Crippen molar-refractivity contribution >= 4 is 17.4 Å². The van der Waals surface area contributed by atoms with E-state index in [-0.39, 0.29) is 11.9 Å². The molecular weight excluding hydrogens is 470 g/mol. The van der Waals surface area contributed by atoms with Gasteiger partial charge < -0.3 is 10.1 Å². The highest BCUT2D eigenvalue weighted by Gasteiger charge is 2.12. The number of nitrogens with zero attached hydrogens (tertiary/aromatic N) is 2. The van der Waals surface area contributed by atoms with Gasteiger partial charge in [-0.25, -0.2) is 9.97 Å². The summed E-state index contributed by atoms with van der Waals surface area (Å²) in [5, 5.41) is 3.23. The SMILES string of the molecule is CNCCC(OCc1ccc(/C(C)=C\CCC/C(C)=C/c2nc(C)ncc2C(C)=O)cc1)c1ccccc1. The molecule has 0 bridgehead atoms. The molecule has 1 aromatic heterocycles. The molecule has 38 heavy (non-hydrogen) atoms. The molecule has 0 aliphatic heterocycles. The van der Waals surface area contributed by atoms with E-state index in [1.165, 1.54) is 27.8 Å². The molecule has 200 valence electrons. The van der Waals surface area contributed by atoms with Crippen molar-refractivity contribution in [3.63, 3.8) is 0 Å². The van der Waals surface area contributed by atoms with Gasteiger partial charge in [0, 0.05) is 6.20 Å². The first-order chi connectivity index (χ1) is 18.4. The monoisotopic (exact) mass is 511 g/mol. The van der Waals surface area contributed by atoms with Gasteiger partial charge in [0.2, 0.25) is 0 Å². The zero-order valence-electron chi connectivity index (χ0n) is 23.5. The number of hydrogen-bond donors (Lipinski definition) is 1. The highest BCUT2D eigenvalue weighted by molar-refractivity contribution is 5.96. The lowest BCUT2D eigenvalue weighted by atomic mass is 10.0. The molecule has 0 amide bonds. The van der Waals surface area contributed by atoms with E-state index in [1.807, 2.05) is 26.1 Å². The average molecular weight is 512 g/mol. The van der Waals surface area contributed by atoms with E-state index in [9.17, 15) is 4.79 Å². The van der Waals surface area contributed by atoms with Gasteiger partial charge in [-0.05, 0) is 95.3 Å². The molecule has 1 atom stereocenters. The summed E-state index contributed by atoms with van der Waals surface area (Å²) in [6.45, 7) is 9.17. The molecular formula is C33H41N3O2. The Kier molecular flexibility index (Phi) is 11.6. The molecule has 0 spiro atoms. The fourth-order valence-electron chi connectivity index (χ4n) is 4.34. The van der Waals surface area contributed by atoms with Crippen molar-refractivity contribution in [3.8, 4) is 0 Å². The van der Waals surface area contributed by atoms with E-state index in [1.54, 1.807) is 13.1 Å². The number of aromatic nitrogens is 2. The number of nitrogens with one attached hydrogen (secondary N) is 1. The molecule has 0 fully saturated rings. The van der Waals surface area contributed by atoms with Crippen molar-refractivity contribution in [2.24, 2.45) is 0 Å². The lowest BCUT2D eigenvalue weighted by Crippen LogP contribution is -2.14. The van der Waals surface area contributed by atoms with Crippen LogP contribution in [0, 0.1) is 6.92 Å².